The molecule has 0 aliphatic rings. The first-order valence-corrected chi connectivity index (χ1v) is 5.06. The zero-order chi connectivity index (χ0) is 11.1. The molecule has 1 aromatic rings. The molecule has 1 heterocycles. The highest BCUT2D eigenvalue weighted by atomic mass is 16.6. The number of hydroxylamine groups is 1. The molecule has 1 N–H and O–H groups in total. The number of methoxy groups -OCH3 is 1. The Morgan fingerprint density at radius 2 is 2.20 bits per heavy atom. The Morgan fingerprint density at radius 3 is 2.73 bits per heavy atom. The number of pyridine rings is 1. The van der Waals surface area contributed by atoms with Gasteiger partial charge in [0.15, 0.2) is 0 Å². The van der Waals surface area contributed by atoms with Crippen LogP contribution < -0.4 is 10.2 Å². The van der Waals surface area contributed by atoms with Gasteiger partial charge in [-0.3, -0.25) is 0 Å². The topological polar surface area (TPSA) is 43.4 Å². The summed E-state index contributed by atoms with van der Waals surface area (Å²) in [7, 11) is 1.60. The molecule has 1 aromatic heterocycles. The number of hydrogen-bond donors (Lipinski definition) is 1. The van der Waals surface area contributed by atoms with Crippen LogP contribution in [0.25, 0.3) is 0 Å². The van der Waals surface area contributed by atoms with Gasteiger partial charge in [0.25, 0.3) is 0 Å². The lowest BCUT2D eigenvalue weighted by Crippen LogP contribution is -2.17. The summed E-state index contributed by atoms with van der Waals surface area (Å²) in [4.78, 5) is 9.34. The molecule has 0 amide bonds. The van der Waals surface area contributed by atoms with E-state index in [-0.39, 0.29) is 0 Å². The van der Waals surface area contributed by atoms with Gasteiger partial charge in [-0.2, -0.15) is 5.48 Å². The molecule has 0 aliphatic heterocycles. The van der Waals surface area contributed by atoms with Gasteiger partial charge in [-0.25, -0.2) is 4.98 Å². The third-order valence-corrected chi connectivity index (χ3v) is 1.80. The maximum atomic E-state index is 5.25. The Labute approximate surface area is 90.6 Å². The lowest BCUT2D eigenvalue weighted by atomic mass is 10.2. The Bertz CT molecular complexity index is 272. The van der Waals surface area contributed by atoms with Crippen LogP contribution in [0.4, 0.5) is 0 Å². The van der Waals surface area contributed by atoms with Gasteiger partial charge in [0.05, 0.1) is 13.7 Å². The Kier molecular flexibility index (Phi) is 5.07. The summed E-state index contributed by atoms with van der Waals surface area (Å²) >= 11 is 0. The van der Waals surface area contributed by atoms with Crippen LogP contribution in [0.3, 0.4) is 0 Å². The number of nitrogens with one attached hydrogen (secondary N) is 1. The van der Waals surface area contributed by atoms with Crippen molar-refractivity contribution in [1.82, 2.24) is 10.5 Å². The van der Waals surface area contributed by atoms with Crippen molar-refractivity contribution >= 4 is 0 Å². The smallest absolute Gasteiger partial charge is 0.212 e. The average Bonchev–Trinajstić information content (AvgIpc) is 2.25. The van der Waals surface area contributed by atoms with E-state index in [2.05, 4.69) is 24.3 Å². The fourth-order valence-electron chi connectivity index (χ4n) is 0.996. The lowest BCUT2D eigenvalue weighted by molar-refractivity contribution is 0.0196. The second kappa shape index (κ2) is 6.37. The molecule has 0 unspecified atom stereocenters. The van der Waals surface area contributed by atoms with Gasteiger partial charge in [0, 0.05) is 18.8 Å². The number of rotatable bonds is 6. The number of nitrogens with zero attached hydrogens (tertiary/aromatic N) is 1. The van der Waals surface area contributed by atoms with E-state index in [1.165, 1.54) is 0 Å². The minimum absolute atomic E-state index is 0.534. The molecule has 0 spiro atoms. The molecule has 0 aliphatic carbocycles. The van der Waals surface area contributed by atoms with E-state index < -0.39 is 0 Å². The molecule has 0 saturated heterocycles. The third kappa shape index (κ3) is 4.76. The largest absolute Gasteiger partial charge is 0.481 e. The first-order valence-electron chi connectivity index (χ1n) is 5.06. The highest BCUT2D eigenvalue weighted by molar-refractivity contribution is 5.17. The molecular formula is C11H18N2O2. The predicted molar refractivity (Wildman–Crippen MR) is 58.4 cm³/mol. The second-order valence-electron chi connectivity index (χ2n) is 3.73. The monoisotopic (exact) mass is 210 g/mol. The van der Waals surface area contributed by atoms with Gasteiger partial charge in [-0.1, -0.05) is 19.9 Å². The van der Waals surface area contributed by atoms with Crippen LogP contribution in [0.2, 0.25) is 0 Å². The highest BCUT2D eigenvalue weighted by Crippen LogP contribution is 2.06. The van der Waals surface area contributed by atoms with Crippen LogP contribution in [0.5, 0.6) is 5.88 Å². The van der Waals surface area contributed by atoms with E-state index in [0.717, 1.165) is 5.56 Å². The van der Waals surface area contributed by atoms with E-state index in [4.69, 9.17) is 9.57 Å². The van der Waals surface area contributed by atoms with Crippen molar-refractivity contribution in [2.45, 2.75) is 20.4 Å². The molecule has 0 atom stereocenters. The Balaban J connectivity index is 2.25. The molecule has 0 bridgehead atoms. The maximum absolute atomic E-state index is 5.25. The number of aromatic nitrogens is 1. The van der Waals surface area contributed by atoms with Crippen molar-refractivity contribution in [2.75, 3.05) is 13.7 Å². The zero-order valence-corrected chi connectivity index (χ0v) is 9.49. The van der Waals surface area contributed by atoms with Crippen LogP contribution in [-0.4, -0.2) is 18.7 Å². The summed E-state index contributed by atoms with van der Waals surface area (Å²) in [5.74, 6) is 1.16. The Hall–Kier alpha value is -1.13. The fourth-order valence-corrected chi connectivity index (χ4v) is 0.996. The summed E-state index contributed by atoms with van der Waals surface area (Å²) in [6.45, 7) is 5.58. The molecule has 0 fully saturated rings. The minimum Gasteiger partial charge on any atom is -0.481 e. The SMILES string of the molecule is COc1ccc(CNOCC(C)C)cn1. The maximum Gasteiger partial charge on any atom is 0.212 e. The van der Waals surface area contributed by atoms with Gasteiger partial charge >= 0.3 is 0 Å². The lowest BCUT2D eigenvalue weighted by Gasteiger charge is -2.07. The van der Waals surface area contributed by atoms with Crippen molar-refractivity contribution in [1.29, 1.82) is 0 Å². The quantitative estimate of drug-likeness (QED) is 0.574. The second-order valence-corrected chi connectivity index (χ2v) is 3.73. The van der Waals surface area contributed by atoms with Crippen molar-refractivity contribution in [3.63, 3.8) is 0 Å². The number of ether oxygens (including phenoxy) is 1. The summed E-state index contributed by atoms with van der Waals surface area (Å²) in [5.41, 5.74) is 3.96. The van der Waals surface area contributed by atoms with Crippen molar-refractivity contribution < 1.29 is 9.57 Å². The van der Waals surface area contributed by atoms with Gasteiger partial charge < -0.3 is 9.57 Å². The molecular weight excluding hydrogens is 192 g/mol. The molecule has 0 aromatic carbocycles. The molecule has 0 saturated carbocycles. The van der Waals surface area contributed by atoms with Gasteiger partial charge in [-0.15, -0.1) is 0 Å². The van der Waals surface area contributed by atoms with E-state index in [1.54, 1.807) is 13.3 Å². The average molecular weight is 210 g/mol. The van der Waals surface area contributed by atoms with Crippen molar-refractivity contribution in [2.24, 2.45) is 5.92 Å². The molecule has 0 radical (unpaired) electrons. The Morgan fingerprint density at radius 1 is 1.40 bits per heavy atom. The first kappa shape index (κ1) is 11.9. The summed E-state index contributed by atoms with van der Waals surface area (Å²) in [6.07, 6.45) is 1.77. The van der Waals surface area contributed by atoms with Crippen LogP contribution in [0.15, 0.2) is 18.3 Å². The predicted octanol–water partition coefficient (Wildman–Crippen LogP) is 1.77. The van der Waals surface area contributed by atoms with Crippen LogP contribution in [-0.2, 0) is 11.4 Å². The first-order chi connectivity index (χ1) is 7.22. The summed E-state index contributed by atoms with van der Waals surface area (Å²) in [6, 6.07) is 3.79. The van der Waals surface area contributed by atoms with Crippen LogP contribution >= 0.6 is 0 Å². The molecule has 84 valence electrons. The van der Waals surface area contributed by atoms with E-state index in [0.29, 0.717) is 24.9 Å². The molecule has 4 heteroatoms. The van der Waals surface area contributed by atoms with Gasteiger partial charge in [0.1, 0.15) is 0 Å². The van der Waals surface area contributed by atoms with E-state index in [1.807, 2.05) is 12.1 Å². The third-order valence-electron chi connectivity index (χ3n) is 1.80. The van der Waals surface area contributed by atoms with Gasteiger partial charge in [0.2, 0.25) is 5.88 Å². The summed E-state index contributed by atoms with van der Waals surface area (Å²) in [5, 5.41) is 0. The number of hydrogen-bond acceptors (Lipinski definition) is 4. The molecule has 1 rings (SSSR count). The van der Waals surface area contributed by atoms with Crippen molar-refractivity contribution in [3.8, 4) is 5.88 Å². The fraction of sp³-hybridized carbons (Fsp3) is 0.545. The molecule has 4 nitrogen and oxygen atoms in total. The van der Waals surface area contributed by atoms with E-state index in [9.17, 15) is 0 Å². The molecule has 15 heavy (non-hydrogen) atoms. The normalized spacial score (nSPS) is 10.7. The van der Waals surface area contributed by atoms with Crippen molar-refractivity contribution in [3.05, 3.63) is 23.9 Å². The van der Waals surface area contributed by atoms with Crippen LogP contribution in [0.1, 0.15) is 19.4 Å². The van der Waals surface area contributed by atoms with Gasteiger partial charge in [-0.05, 0) is 11.5 Å². The highest BCUT2D eigenvalue weighted by Gasteiger charge is 1.96. The van der Waals surface area contributed by atoms with Crippen LogP contribution in [0, 0.1) is 5.92 Å². The summed E-state index contributed by atoms with van der Waals surface area (Å²) < 4.78 is 4.96. The zero-order valence-electron chi connectivity index (χ0n) is 9.49. The standard InChI is InChI=1S/C11H18N2O2/c1-9(2)8-15-13-7-10-4-5-11(14-3)12-6-10/h4-6,9,13H,7-8H2,1-3H3. The van der Waals surface area contributed by atoms with E-state index >= 15 is 0 Å². The minimum atomic E-state index is 0.534.